The maximum atomic E-state index is 13.8. The average Bonchev–Trinajstić information content (AvgIpc) is 2.53. The van der Waals surface area contributed by atoms with Crippen LogP contribution < -0.4 is 10.1 Å². The summed E-state index contributed by atoms with van der Waals surface area (Å²) in [7, 11) is 1.51. The first kappa shape index (κ1) is 15.0. The molecule has 0 amide bonds. The number of methoxy groups -OCH3 is 1. The van der Waals surface area contributed by atoms with Crippen LogP contribution in [-0.2, 0) is 6.54 Å². The molecule has 0 bridgehead atoms. The van der Waals surface area contributed by atoms with E-state index in [1.54, 1.807) is 24.3 Å². The van der Waals surface area contributed by atoms with Crippen LogP contribution in [-0.4, -0.2) is 7.11 Å². The summed E-state index contributed by atoms with van der Waals surface area (Å²) in [5, 5.41) is 12.0. The molecule has 2 rings (SSSR count). The molecular formula is C17H17FN2O. The van der Waals surface area contributed by atoms with Gasteiger partial charge >= 0.3 is 0 Å². The van der Waals surface area contributed by atoms with E-state index in [2.05, 4.69) is 11.4 Å². The van der Waals surface area contributed by atoms with Gasteiger partial charge in [-0.05, 0) is 30.7 Å². The van der Waals surface area contributed by atoms with E-state index in [0.29, 0.717) is 23.4 Å². The Morgan fingerprint density at radius 1 is 1.24 bits per heavy atom. The van der Waals surface area contributed by atoms with E-state index >= 15 is 0 Å². The van der Waals surface area contributed by atoms with Crippen molar-refractivity contribution >= 4 is 0 Å². The number of hydrogen-bond acceptors (Lipinski definition) is 3. The molecule has 0 saturated heterocycles. The first-order chi connectivity index (χ1) is 10.1. The molecule has 2 aromatic rings. The van der Waals surface area contributed by atoms with Crippen LogP contribution in [0.2, 0.25) is 0 Å². The lowest BCUT2D eigenvalue weighted by molar-refractivity contribution is 0.410. The largest absolute Gasteiger partial charge is 0.497 e. The Hall–Kier alpha value is -2.38. The molecule has 21 heavy (non-hydrogen) atoms. The summed E-state index contributed by atoms with van der Waals surface area (Å²) >= 11 is 0. The standard InChI is InChI=1S/C17H17FN2O/c1-12(14-5-3-13(10-19)4-6-14)20-11-15-7-8-16(21-2)9-17(15)18/h3-9,12,20H,11H2,1-2H3. The third-order valence-corrected chi connectivity index (χ3v) is 3.40. The van der Waals surface area contributed by atoms with E-state index in [1.165, 1.54) is 13.2 Å². The third-order valence-electron chi connectivity index (χ3n) is 3.40. The van der Waals surface area contributed by atoms with Crippen LogP contribution in [0.3, 0.4) is 0 Å². The topological polar surface area (TPSA) is 45.0 Å². The Balaban J connectivity index is 2.00. The van der Waals surface area contributed by atoms with Gasteiger partial charge in [-0.25, -0.2) is 4.39 Å². The molecular weight excluding hydrogens is 267 g/mol. The quantitative estimate of drug-likeness (QED) is 0.913. The molecule has 0 saturated carbocycles. The van der Waals surface area contributed by atoms with Crippen molar-refractivity contribution in [3.63, 3.8) is 0 Å². The van der Waals surface area contributed by atoms with Gasteiger partial charge in [-0.2, -0.15) is 5.26 Å². The Labute approximate surface area is 124 Å². The van der Waals surface area contributed by atoms with Crippen LogP contribution in [0.5, 0.6) is 5.75 Å². The first-order valence-electron chi connectivity index (χ1n) is 6.70. The average molecular weight is 284 g/mol. The zero-order valence-electron chi connectivity index (χ0n) is 12.1. The van der Waals surface area contributed by atoms with Crippen LogP contribution in [0.1, 0.15) is 29.7 Å². The number of hydrogen-bond donors (Lipinski definition) is 1. The minimum Gasteiger partial charge on any atom is -0.497 e. The van der Waals surface area contributed by atoms with Crippen molar-refractivity contribution in [1.29, 1.82) is 5.26 Å². The Morgan fingerprint density at radius 3 is 2.52 bits per heavy atom. The molecule has 0 spiro atoms. The van der Waals surface area contributed by atoms with Gasteiger partial charge in [-0.15, -0.1) is 0 Å². The predicted molar refractivity (Wildman–Crippen MR) is 79.4 cm³/mol. The summed E-state index contributed by atoms with van der Waals surface area (Å²) < 4.78 is 18.8. The minimum atomic E-state index is -0.283. The summed E-state index contributed by atoms with van der Waals surface area (Å²) in [5.41, 5.74) is 2.28. The second-order valence-corrected chi connectivity index (χ2v) is 4.79. The number of halogens is 1. The highest BCUT2D eigenvalue weighted by Gasteiger charge is 2.08. The molecule has 0 heterocycles. The van der Waals surface area contributed by atoms with Crippen LogP contribution in [0, 0.1) is 17.1 Å². The number of benzene rings is 2. The Kier molecular flexibility index (Phi) is 4.91. The van der Waals surface area contributed by atoms with E-state index in [4.69, 9.17) is 10.00 Å². The minimum absolute atomic E-state index is 0.0687. The SMILES string of the molecule is COc1ccc(CNC(C)c2ccc(C#N)cc2)c(F)c1. The summed E-state index contributed by atoms with van der Waals surface area (Å²) in [4.78, 5) is 0. The van der Waals surface area contributed by atoms with Crippen LogP contribution >= 0.6 is 0 Å². The highest BCUT2D eigenvalue weighted by atomic mass is 19.1. The molecule has 108 valence electrons. The fourth-order valence-corrected chi connectivity index (χ4v) is 2.03. The molecule has 0 fully saturated rings. The van der Waals surface area contributed by atoms with Crippen LogP contribution in [0.15, 0.2) is 42.5 Å². The van der Waals surface area contributed by atoms with E-state index < -0.39 is 0 Å². The van der Waals surface area contributed by atoms with Gasteiger partial charge in [-0.1, -0.05) is 18.2 Å². The number of rotatable bonds is 5. The molecule has 2 aromatic carbocycles. The lowest BCUT2D eigenvalue weighted by Crippen LogP contribution is -2.18. The van der Waals surface area contributed by atoms with Crippen molar-refractivity contribution in [2.75, 3.05) is 7.11 Å². The number of nitrogens with one attached hydrogen (secondary N) is 1. The number of ether oxygens (including phenoxy) is 1. The van der Waals surface area contributed by atoms with E-state index in [0.717, 1.165) is 5.56 Å². The summed E-state index contributed by atoms with van der Waals surface area (Å²) in [6, 6.07) is 14.4. The second kappa shape index (κ2) is 6.87. The van der Waals surface area contributed by atoms with Gasteiger partial charge in [0.25, 0.3) is 0 Å². The molecule has 3 nitrogen and oxygen atoms in total. The predicted octanol–water partition coefficient (Wildman–Crippen LogP) is 3.56. The normalized spacial score (nSPS) is 11.7. The number of nitrogens with zero attached hydrogens (tertiary/aromatic N) is 1. The van der Waals surface area contributed by atoms with E-state index in [1.807, 2.05) is 19.1 Å². The number of nitriles is 1. The lowest BCUT2D eigenvalue weighted by Gasteiger charge is -2.15. The zero-order chi connectivity index (χ0) is 15.2. The third kappa shape index (κ3) is 3.80. The van der Waals surface area contributed by atoms with E-state index in [9.17, 15) is 4.39 Å². The fraction of sp³-hybridized carbons (Fsp3) is 0.235. The van der Waals surface area contributed by atoms with Crippen molar-refractivity contribution in [3.8, 4) is 11.8 Å². The van der Waals surface area contributed by atoms with Gasteiger partial charge in [0.1, 0.15) is 11.6 Å². The van der Waals surface area contributed by atoms with Gasteiger partial charge < -0.3 is 10.1 Å². The Bertz CT molecular complexity index is 647. The zero-order valence-corrected chi connectivity index (χ0v) is 12.1. The molecule has 0 aliphatic carbocycles. The van der Waals surface area contributed by atoms with Crippen LogP contribution in [0.25, 0.3) is 0 Å². The fourth-order valence-electron chi connectivity index (χ4n) is 2.03. The highest BCUT2D eigenvalue weighted by Crippen LogP contribution is 2.18. The molecule has 1 N–H and O–H groups in total. The van der Waals surface area contributed by atoms with Crippen molar-refractivity contribution in [3.05, 3.63) is 65.0 Å². The summed E-state index contributed by atoms with van der Waals surface area (Å²) in [6.45, 7) is 2.43. The molecule has 0 aromatic heterocycles. The molecule has 0 aliphatic heterocycles. The first-order valence-corrected chi connectivity index (χ1v) is 6.70. The van der Waals surface area contributed by atoms with Gasteiger partial charge in [-0.3, -0.25) is 0 Å². The lowest BCUT2D eigenvalue weighted by atomic mass is 10.1. The maximum absolute atomic E-state index is 13.8. The van der Waals surface area contributed by atoms with Crippen molar-refractivity contribution in [2.24, 2.45) is 0 Å². The molecule has 4 heteroatoms. The monoisotopic (exact) mass is 284 g/mol. The molecule has 1 atom stereocenters. The van der Waals surface area contributed by atoms with Crippen LogP contribution in [0.4, 0.5) is 4.39 Å². The molecule has 1 unspecified atom stereocenters. The van der Waals surface area contributed by atoms with Gasteiger partial charge in [0.15, 0.2) is 0 Å². The van der Waals surface area contributed by atoms with Crippen molar-refractivity contribution < 1.29 is 9.13 Å². The van der Waals surface area contributed by atoms with Crippen molar-refractivity contribution in [1.82, 2.24) is 5.32 Å². The van der Waals surface area contributed by atoms with Gasteiger partial charge in [0.2, 0.25) is 0 Å². The van der Waals surface area contributed by atoms with Crippen molar-refractivity contribution in [2.45, 2.75) is 19.5 Å². The van der Waals surface area contributed by atoms with Gasteiger partial charge in [0.05, 0.1) is 18.7 Å². The van der Waals surface area contributed by atoms with E-state index in [-0.39, 0.29) is 11.9 Å². The molecule has 0 radical (unpaired) electrons. The summed E-state index contributed by atoms with van der Waals surface area (Å²) in [6.07, 6.45) is 0. The highest BCUT2D eigenvalue weighted by molar-refractivity contribution is 5.33. The summed E-state index contributed by atoms with van der Waals surface area (Å²) in [5.74, 6) is 0.227. The molecule has 0 aliphatic rings. The van der Waals surface area contributed by atoms with Gasteiger partial charge in [0, 0.05) is 24.2 Å². The smallest absolute Gasteiger partial charge is 0.131 e. The second-order valence-electron chi connectivity index (χ2n) is 4.79. The maximum Gasteiger partial charge on any atom is 0.131 e. The Morgan fingerprint density at radius 2 is 1.95 bits per heavy atom.